The van der Waals surface area contributed by atoms with E-state index in [9.17, 15) is 14.7 Å². The summed E-state index contributed by atoms with van der Waals surface area (Å²) in [7, 11) is 0. The Kier molecular flexibility index (Phi) is 9.30. The Balaban J connectivity index is 3.13. The summed E-state index contributed by atoms with van der Waals surface area (Å²) in [5.41, 5.74) is 0.407. The van der Waals surface area contributed by atoms with Crippen molar-refractivity contribution in [1.29, 1.82) is 0 Å². The molecule has 0 amide bonds. The van der Waals surface area contributed by atoms with E-state index in [2.05, 4.69) is 5.32 Å². The molecule has 0 spiro atoms. The Bertz CT molecular complexity index is 691. The molecule has 0 saturated heterocycles. The van der Waals surface area contributed by atoms with Crippen molar-refractivity contribution >= 4 is 11.9 Å². The molecule has 2 N–H and O–H groups in total. The van der Waals surface area contributed by atoms with E-state index in [-0.39, 0.29) is 47.8 Å². The van der Waals surface area contributed by atoms with E-state index in [0.717, 1.165) is 0 Å². The molecule has 6 nitrogen and oxygen atoms in total. The van der Waals surface area contributed by atoms with E-state index < -0.39 is 18.0 Å². The van der Waals surface area contributed by atoms with Crippen LogP contribution in [0, 0.1) is 11.8 Å². The molecule has 29 heavy (non-hydrogen) atoms. The number of carbonyl (C=O) groups is 2. The molecule has 0 bridgehead atoms. The van der Waals surface area contributed by atoms with Crippen molar-refractivity contribution in [3.63, 3.8) is 0 Å². The second kappa shape index (κ2) is 10.7. The Morgan fingerprint density at radius 3 is 1.86 bits per heavy atom. The highest BCUT2D eigenvalue weighted by molar-refractivity contribution is 5.76. The molecule has 6 heteroatoms. The Morgan fingerprint density at radius 2 is 1.41 bits per heavy atom. The van der Waals surface area contributed by atoms with Crippen LogP contribution in [0.15, 0.2) is 18.2 Å². The van der Waals surface area contributed by atoms with E-state index in [0.29, 0.717) is 5.56 Å². The fourth-order valence-corrected chi connectivity index (χ4v) is 2.92. The summed E-state index contributed by atoms with van der Waals surface area (Å²) in [6.45, 7) is 15.6. The van der Waals surface area contributed by atoms with E-state index in [1.165, 1.54) is 0 Å². The molecule has 0 fully saturated rings. The van der Waals surface area contributed by atoms with E-state index in [4.69, 9.17) is 9.47 Å². The molecule has 0 aliphatic rings. The largest absolute Gasteiger partial charge is 0.423 e. The highest BCUT2D eigenvalue weighted by atomic mass is 16.6. The van der Waals surface area contributed by atoms with Gasteiger partial charge in [-0.05, 0) is 57.2 Å². The topological polar surface area (TPSA) is 84.9 Å². The first-order valence-corrected chi connectivity index (χ1v) is 10.3. The third kappa shape index (κ3) is 9.41. The molecule has 0 radical (unpaired) electrons. The smallest absolute Gasteiger partial charge is 0.311 e. The zero-order chi connectivity index (χ0) is 22.4. The van der Waals surface area contributed by atoms with Gasteiger partial charge in [0.1, 0.15) is 0 Å². The van der Waals surface area contributed by atoms with E-state index in [1.54, 1.807) is 18.2 Å². The number of esters is 2. The average Bonchev–Trinajstić information content (AvgIpc) is 2.52. The van der Waals surface area contributed by atoms with Gasteiger partial charge in [-0.2, -0.15) is 0 Å². The van der Waals surface area contributed by atoms with Gasteiger partial charge >= 0.3 is 11.9 Å². The third-order valence-corrected chi connectivity index (χ3v) is 4.04. The lowest BCUT2D eigenvalue weighted by atomic mass is 9.99. The Morgan fingerprint density at radius 1 is 0.931 bits per heavy atom. The zero-order valence-corrected chi connectivity index (χ0v) is 19.0. The molecule has 2 atom stereocenters. The van der Waals surface area contributed by atoms with Gasteiger partial charge < -0.3 is 19.9 Å². The number of carbonyl (C=O) groups excluding carboxylic acids is 2. The molecule has 164 valence electrons. The monoisotopic (exact) mass is 407 g/mol. The molecule has 1 rings (SSSR count). The molecule has 0 aliphatic carbocycles. The first kappa shape index (κ1) is 25.1. The minimum Gasteiger partial charge on any atom is -0.423 e. The van der Waals surface area contributed by atoms with Crippen LogP contribution < -0.4 is 14.8 Å². The maximum Gasteiger partial charge on any atom is 0.311 e. The number of rotatable bonds is 9. The van der Waals surface area contributed by atoms with E-state index >= 15 is 0 Å². The number of benzene rings is 1. The minimum absolute atomic E-state index is 0.138. The molecule has 1 aromatic rings. The van der Waals surface area contributed by atoms with E-state index in [1.807, 2.05) is 55.4 Å². The van der Waals surface area contributed by atoms with Crippen LogP contribution >= 0.6 is 0 Å². The fourth-order valence-electron chi connectivity index (χ4n) is 2.92. The van der Waals surface area contributed by atoms with Crippen LogP contribution in [0.3, 0.4) is 0 Å². The quantitative estimate of drug-likeness (QED) is 0.466. The average molecular weight is 408 g/mol. The van der Waals surface area contributed by atoms with Crippen LogP contribution in [0.25, 0.3) is 0 Å². The first-order valence-electron chi connectivity index (χ1n) is 10.3. The lowest BCUT2D eigenvalue weighted by Gasteiger charge is -2.29. The molecule has 0 aliphatic heterocycles. The van der Waals surface area contributed by atoms with Crippen LogP contribution in [-0.2, 0) is 9.59 Å². The van der Waals surface area contributed by atoms with Gasteiger partial charge in [-0.15, -0.1) is 0 Å². The van der Waals surface area contributed by atoms with Crippen molar-refractivity contribution < 1.29 is 24.2 Å². The molecule has 0 aromatic heterocycles. The second-order valence-electron chi connectivity index (χ2n) is 9.48. The lowest BCUT2D eigenvalue weighted by molar-refractivity contribution is -0.138. The summed E-state index contributed by atoms with van der Waals surface area (Å²) >= 11 is 0. The van der Waals surface area contributed by atoms with Gasteiger partial charge in [0.2, 0.25) is 0 Å². The van der Waals surface area contributed by atoms with Crippen molar-refractivity contribution in [1.82, 2.24) is 5.32 Å². The highest BCUT2D eigenvalue weighted by Gasteiger charge is 2.24. The molecular weight excluding hydrogens is 370 g/mol. The Hall–Kier alpha value is -1.92. The van der Waals surface area contributed by atoms with Crippen molar-refractivity contribution in [3.05, 3.63) is 23.8 Å². The maximum absolute atomic E-state index is 12.2. The molecule has 0 saturated carbocycles. The maximum atomic E-state index is 12.2. The number of ether oxygens (including phenoxy) is 2. The summed E-state index contributed by atoms with van der Waals surface area (Å²) in [6, 6.07) is 4.59. The molecule has 1 aromatic carbocycles. The van der Waals surface area contributed by atoms with Crippen molar-refractivity contribution in [2.45, 2.75) is 85.9 Å². The van der Waals surface area contributed by atoms with Gasteiger partial charge in [-0.3, -0.25) is 9.59 Å². The first-order chi connectivity index (χ1) is 13.3. The van der Waals surface area contributed by atoms with Gasteiger partial charge in [0.05, 0.1) is 6.10 Å². The number of aliphatic hydroxyl groups is 1. The second-order valence-corrected chi connectivity index (χ2v) is 9.48. The van der Waals surface area contributed by atoms with Gasteiger partial charge in [0.15, 0.2) is 11.5 Å². The summed E-state index contributed by atoms with van der Waals surface area (Å²) in [5.74, 6) is -0.183. The molecular formula is C23H37NO5. The SMILES string of the molecule is CC(C)CC(=O)Oc1ccc(C(O)C(C)NC(C)(C)C)cc1OC(=O)CC(C)C. The number of aliphatic hydroxyl groups excluding tert-OH is 1. The Labute approximate surface area is 175 Å². The summed E-state index contributed by atoms with van der Waals surface area (Å²) in [6.07, 6.45) is -0.318. The van der Waals surface area contributed by atoms with Gasteiger partial charge in [-0.1, -0.05) is 33.8 Å². The molecule has 2 unspecified atom stereocenters. The lowest BCUT2D eigenvalue weighted by Crippen LogP contribution is -2.44. The fraction of sp³-hybridized carbons (Fsp3) is 0.652. The molecule has 0 heterocycles. The van der Waals surface area contributed by atoms with Crippen LogP contribution in [0.5, 0.6) is 11.5 Å². The van der Waals surface area contributed by atoms with Crippen molar-refractivity contribution in [2.75, 3.05) is 0 Å². The third-order valence-electron chi connectivity index (χ3n) is 4.04. The summed E-state index contributed by atoms with van der Waals surface area (Å²) < 4.78 is 10.9. The summed E-state index contributed by atoms with van der Waals surface area (Å²) in [5, 5.41) is 14.1. The zero-order valence-electron chi connectivity index (χ0n) is 19.0. The number of nitrogens with one attached hydrogen (secondary N) is 1. The standard InChI is InChI=1S/C23H37NO5/c1-14(2)11-20(25)28-18-10-9-17(22(27)16(5)24-23(6,7)8)13-19(18)29-21(26)12-15(3)4/h9-10,13-16,22,24,27H,11-12H2,1-8H3. The number of hydrogen-bond donors (Lipinski definition) is 2. The van der Waals surface area contributed by atoms with Crippen LogP contribution in [0.1, 0.15) is 79.9 Å². The van der Waals surface area contributed by atoms with Crippen LogP contribution in [-0.4, -0.2) is 28.6 Å². The van der Waals surface area contributed by atoms with Gasteiger partial charge in [0.25, 0.3) is 0 Å². The summed E-state index contributed by atoms with van der Waals surface area (Å²) in [4.78, 5) is 24.3. The minimum atomic E-state index is -0.822. The van der Waals surface area contributed by atoms with Crippen LogP contribution in [0.2, 0.25) is 0 Å². The van der Waals surface area contributed by atoms with Crippen molar-refractivity contribution in [3.8, 4) is 11.5 Å². The predicted octanol–water partition coefficient (Wildman–Crippen LogP) is 4.40. The predicted molar refractivity (Wildman–Crippen MR) is 114 cm³/mol. The number of hydrogen-bond acceptors (Lipinski definition) is 6. The van der Waals surface area contributed by atoms with Crippen LogP contribution in [0.4, 0.5) is 0 Å². The van der Waals surface area contributed by atoms with Gasteiger partial charge in [0, 0.05) is 24.4 Å². The highest BCUT2D eigenvalue weighted by Crippen LogP contribution is 2.33. The van der Waals surface area contributed by atoms with Gasteiger partial charge in [-0.25, -0.2) is 0 Å². The normalized spacial score (nSPS) is 14.0. The van der Waals surface area contributed by atoms with Crippen molar-refractivity contribution in [2.24, 2.45) is 11.8 Å².